The number of ether oxygens (including phenoxy) is 1. The van der Waals surface area contributed by atoms with Crippen LogP contribution in [0.4, 0.5) is 0 Å². The predicted molar refractivity (Wildman–Crippen MR) is 94.1 cm³/mol. The summed E-state index contributed by atoms with van der Waals surface area (Å²) < 4.78 is 8.44. The van der Waals surface area contributed by atoms with Crippen LogP contribution in [0.1, 0.15) is 44.4 Å². The van der Waals surface area contributed by atoms with E-state index in [9.17, 15) is 0 Å². The standard InChI is InChI=1S/C18H26N2O.ClH/c1-12(2)8-10-21-18-17-16(7-9-19-18)13(3)14(4)20(17)11-15-5-6-15;/h7,9,12,15H,5-6,8,10-11H2,1-4H3;1H. The van der Waals surface area contributed by atoms with Gasteiger partial charge in [0.2, 0.25) is 5.88 Å². The molecule has 3 nitrogen and oxygen atoms in total. The summed E-state index contributed by atoms with van der Waals surface area (Å²) >= 11 is 0. The SMILES string of the molecule is Cc1c(C)n(CC2CC2)c2c(OCCC(C)C)nccc12.Cl. The maximum absolute atomic E-state index is 6.01. The third-order valence-electron chi connectivity index (χ3n) is 4.58. The van der Waals surface area contributed by atoms with Crippen LogP contribution in [0.15, 0.2) is 12.3 Å². The van der Waals surface area contributed by atoms with E-state index in [0.717, 1.165) is 31.4 Å². The summed E-state index contributed by atoms with van der Waals surface area (Å²) in [5, 5.41) is 1.29. The number of aryl methyl sites for hydroxylation is 1. The molecule has 22 heavy (non-hydrogen) atoms. The Balaban J connectivity index is 0.00000176. The number of hydrogen-bond acceptors (Lipinski definition) is 2. The number of hydrogen-bond donors (Lipinski definition) is 0. The third-order valence-corrected chi connectivity index (χ3v) is 4.58. The molecular weight excluding hydrogens is 296 g/mol. The molecule has 0 bridgehead atoms. The van der Waals surface area contributed by atoms with E-state index in [1.54, 1.807) is 0 Å². The van der Waals surface area contributed by atoms with Gasteiger partial charge in [-0.05, 0) is 56.6 Å². The van der Waals surface area contributed by atoms with Crippen LogP contribution in [0.3, 0.4) is 0 Å². The highest BCUT2D eigenvalue weighted by Crippen LogP contribution is 2.36. The molecule has 1 fully saturated rings. The van der Waals surface area contributed by atoms with Crippen molar-refractivity contribution < 1.29 is 4.74 Å². The second-order valence-corrected chi connectivity index (χ2v) is 6.81. The number of aromatic nitrogens is 2. The maximum atomic E-state index is 6.01. The van der Waals surface area contributed by atoms with Crippen LogP contribution >= 0.6 is 12.4 Å². The van der Waals surface area contributed by atoms with Crippen molar-refractivity contribution in [3.05, 3.63) is 23.5 Å². The summed E-state index contributed by atoms with van der Waals surface area (Å²) in [5.74, 6) is 2.32. The van der Waals surface area contributed by atoms with E-state index in [1.165, 1.54) is 35.0 Å². The second kappa shape index (κ2) is 6.91. The molecule has 0 aliphatic heterocycles. The molecule has 3 rings (SSSR count). The van der Waals surface area contributed by atoms with Gasteiger partial charge in [-0.2, -0.15) is 0 Å². The lowest BCUT2D eigenvalue weighted by Gasteiger charge is -2.12. The molecular formula is C18H27ClN2O. The molecule has 0 unspecified atom stereocenters. The average molecular weight is 323 g/mol. The van der Waals surface area contributed by atoms with Crippen molar-refractivity contribution in [2.75, 3.05) is 6.61 Å². The Morgan fingerprint density at radius 1 is 1.32 bits per heavy atom. The lowest BCUT2D eigenvalue weighted by Crippen LogP contribution is -2.07. The molecule has 2 heterocycles. The van der Waals surface area contributed by atoms with Crippen molar-refractivity contribution in [1.29, 1.82) is 0 Å². The smallest absolute Gasteiger partial charge is 0.238 e. The van der Waals surface area contributed by atoms with Gasteiger partial charge in [0.05, 0.1) is 6.61 Å². The first-order valence-electron chi connectivity index (χ1n) is 8.15. The molecule has 4 heteroatoms. The van der Waals surface area contributed by atoms with E-state index in [0.29, 0.717) is 5.92 Å². The minimum Gasteiger partial charge on any atom is -0.476 e. The Hall–Kier alpha value is -1.22. The Kier molecular flexibility index (Phi) is 5.38. The lowest BCUT2D eigenvalue weighted by molar-refractivity contribution is 0.281. The molecule has 0 saturated heterocycles. The molecule has 2 aromatic rings. The summed E-state index contributed by atoms with van der Waals surface area (Å²) in [5.41, 5.74) is 3.92. The first-order chi connectivity index (χ1) is 10.1. The van der Waals surface area contributed by atoms with Crippen LogP contribution < -0.4 is 4.74 Å². The molecule has 1 saturated carbocycles. The van der Waals surface area contributed by atoms with Crippen LogP contribution in [0.25, 0.3) is 10.9 Å². The van der Waals surface area contributed by atoms with Crippen molar-refractivity contribution >= 4 is 23.3 Å². The molecule has 122 valence electrons. The monoisotopic (exact) mass is 322 g/mol. The molecule has 0 N–H and O–H groups in total. The highest BCUT2D eigenvalue weighted by Gasteiger charge is 2.25. The van der Waals surface area contributed by atoms with Gasteiger partial charge in [-0.15, -0.1) is 12.4 Å². The molecule has 2 aromatic heterocycles. The number of rotatable bonds is 6. The van der Waals surface area contributed by atoms with Crippen molar-refractivity contribution in [3.63, 3.8) is 0 Å². The lowest BCUT2D eigenvalue weighted by atomic mass is 10.1. The molecule has 0 amide bonds. The van der Waals surface area contributed by atoms with Crippen LogP contribution in [0.5, 0.6) is 5.88 Å². The van der Waals surface area contributed by atoms with Gasteiger partial charge in [0.15, 0.2) is 0 Å². The van der Waals surface area contributed by atoms with Crippen molar-refractivity contribution in [2.45, 2.75) is 53.5 Å². The van der Waals surface area contributed by atoms with Crippen molar-refractivity contribution in [3.8, 4) is 5.88 Å². The highest BCUT2D eigenvalue weighted by atomic mass is 35.5. The summed E-state index contributed by atoms with van der Waals surface area (Å²) in [4.78, 5) is 4.50. The Labute approximate surface area is 139 Å². The van der Waals surface area contributed by atoms with Crippen LogP contribution in [0, 0.1) is 25.7 Å². The molecule has 0 radical (unpaired) electrons. The largest absolute Gasteiger partial charge is 0.476 e. The van der Waals surface area contributed by atoms with Gasteiger partial charge >= 0.3 is 0 Å². The molecule has 0 spiro atoms. The van der Waals surface area contributed by atoms with E-state index < -0.39 is 0 Å². The van der Waals surface area contributed by atoms with E-state index in [-0.39, 0.29) is 12.4 Å². The Bertz CT molecular complexity index is 644. The van der Waals surface area contributed by atoms with Gasteiger partial charge in [-0.25, -0.2) is 4.98 Å². The summed E-state index contributed by atoms with van der Waals surface area (Å²) in [6.45, 7) is 10.7. The number of fused-ring (bicyclic) bond motifs is 1. The van der Waals surface area contributed by atoms with E-state index in [4.69, 9.17) is 4.74 Å². The number of nitrogens with zero attached hydrogens (tertiary/aromatic N) is 2. The van der Waals surface area contributed by atoms with Crippen LogP contribution in [-0.2, 0) is 6.54 Å². The normalized spacial score (nSPS) is 14.4. The van der Waals surface area contributed by atoms with Crippen LogP contribution in [-0.4, -0.2) is 16.2 Å². The van der Waals surface area contributed by atoms with Gasteiger partial charge in [0, 0.05) is 23.8 Å². The van der Waals surface area contributed by atoms with Gasteiger partial charge in [-0.3, -0.25) is 0 Å². The van der Waals surface area contributed by atoms with Crippen molar-refractivity contribution in [1.82, 2.24) is 9.55 Å². The number of pyridine rings is 1. The topological polar surface area (TPSA) is 27.1 Å². The average Bonchev–Trinajstić information content (AvgIpc) is 3.23. The Morgan fingerprint density at radius 3 is 2.68 bits per heavy atom. The quantitative estimate of drug-likeness (QED) is 0.755. The molecule has 0 aromatic carbocycles. The maximum Gasteiger partial charge on any atom is 0.238 e. The van der Waals surface area contributed by atoms with Gasteiger partial charge in [0.1, 0.15) is 5.52 Å². The minimum atomic E-state index is 0. The summed E-state index contributed by atoms with van der Waals surface area (Å²) in [7, 11) is 0. The zero-order valence-corrected chi connectivity index (χ0v) is 14.9. The summed E-state index contributed by atoms with van der Waals surface area (Å²) in [6, 6.07) is 2.12. The highest BCUT2D eigenvalue weighted by molar-refractivity contribution is 5.88. The van der Waals surface area contributed by atoms with Gasteiger partial charge in [0.25, 0.3) is 0 Å². The fraction of sp³-hybridized carbons (Fsp3) is 0.611. The van der Waals surface area contributed by atoms with E-state index in [2.05, 4.69) is 43.3 Å². The Morgan fingerprint density at radius 2 is 2.05 bits per heavy atom. The fourth-order valence-electron chi connectivity index (χ4n) is 2.85. The zero-order valence-electron chi connectivity index (χ0n) is 14.1. The van der Waals surface area contributed by atoms with Crippen LogP contribution in [0.2, 0.25) is 0 Å². The van der Waals surface area contributed by atoms with E-state index >= 15 is 0 Å². The molecule has 0 atom stereocenters. The second-order valence-electron chi connectivity index (χ2n) is 6.81. The first-order valence-corrected chi connectivity index (χ1v) is 8.15. The van der Waals surface area contributed by atoms with Gasteiger partial charge in [-0.1, -0.05) is 13.8 Å². The third kappa shape index (κ3) is 3.40. The van der Waals surface area contributed by atoms with Gasteiger partial charge < -0.3 is 9.30 Å². The van der Waals surface area contributed by atoms with Crippen molar-refractivity contribution in [2.24, 2.45) is 11.8 Å². The molecule has 1 aliphatic carbocycles. The first kappa shape index (κ1) is 17.1. The van der Waals surface area contributed by atoms with E-state index in [1.807, 2.05) is 6.20 Å². The number of halogens is 1. The summed E-state index contributed by atoms with van der Waals surface area (Å²) in [6.07, 6.45) is 5.67. The minimum absolute atomic E-state index is 0. The predicted octanol–water partition coefficient (Wildman–Crippen LogP) is 4.91. The molecule has 1 aliphatic rings. The zero-order chi connectivity index (χ0) is 15.0. The fourth-order valence-corrected chi connectivity index (χ4v) is 2.85.